The molecule has 0 bridgehead atoms. The molecule has 3 nitrogen and oxygen atoms in total. The van der Waals surface area contributed by atoms with Gasteiger partial charge in [-0.05, 0) is 30.7 Å². The minimum atomic E-state index is 0.745. The Bertz CT molecular complexity index is 838. The average molecular weight is 290 g/mol. The van der Waals surface area contributed by atoms with Crippen LogP contribution in [0, 0.1) is 11.3 Å². The van der Waals surface area contributed by atoms with Gasteiger partial charge in [-0.25, -0.2) is 0 Å². The average Bonchev–Trinajstić information content (AvgIpc) is 2.87. The predicted molar refractivity (Wildman–Crippen MR) is 88.1 cm³/mol. The SMILES string of the molecule is CCn1c(Cc2ccc(OC)cc2)c(C#N)c2ccccc21. The summed E-state index contributed by atoms with van der Waals surface area (Å²) in [6.07, 6.45) is 0.745. The number of hydrogen-bond acceptors (Lipinski definition) is 2. The normalized spacial score (nSPS) is 10.6. The van der Waals surface area contributed by atoms with E-state index in [0.29, 0.717) is 0 Å². The number of ether oxygens (including phenoxy) is 1. The molecule has 0 aliphatic heterocycles. The lowest BCUT2D eigenvalue weighted by atomic mass is 10.1. The van der Waals surface area contributed by atoms with Gasteiger partial charge in [0.2, 0.25) is 0 Å². The third-order valence-electron chi connectivity index (χ3n) is 4.04. The van der Waals surface area contributed by atoms with Gasteiger partial charge in [-0.15, -0.1) is 0 Å². The number of nitrogens with zero attached hydrogens (tertiary/aromatic N) is 2. The molecule has 0 radical (unpaired) electrons. The third-order valence-corrected chi connectivity index (χ3v) is 4.04. The predicted octanol–water partition coefficient (Wildman–Crippen LogP) is 4.13. The van der Waals surface area contributed by atoms with E-state index in [1.807, 2.05) is 30.3 Å². The van der Waals surface area contributed by atoms with Crippen molar-refractivity contribution < 1.29 is 4.74 Å². The van der Waals surface area contributed by atoms with E-state index in [0.717, 1.165) is 40.9 Å². The molecule has 2 aromatic carbocycles. The Morgan fingerprint density at radius 2 is 1.82 bits per heavy atom. The van der Waals surface area contributed by atoms with Crippen LogP contribution >= 0.6 is 0 Å². The number of nitriles is 1. The van der Waals surface area contributed by atoms with Crippen molar-refractivity contribution in [1.29, 1.82) is 5.26 Å². The lowest BCUT2D eigenvalue weighted by Gasteiger charge is -2.09. The summed E-state index contributed by atoms with van der Waals surface area (Å²) < 4.78 is 7.43. The highest BCUT2D eigenvalue weighted by molar-refractivity contribution is 5.88. The molecular weight excluding hydrogens is 272 g/mol. The first kappa shape index (κ1) is 14.2. The molecule has 3 heteroatoms. The Morgan fingerprint density at radius 3 is 2.45 bits per heavy atom. The zero-order valence-electron chi connectivity index (χ0n) is 12.8. The monoisotopic (exact) mass is 290 g/mol. The molecule has 0 fully saturated rings. The van der Waals surface area contributed by atoms with Crippen molar-refractivity contribution in [3.8, 4) is 11.8 Å². The van der Waals surface area contributed by atoms with Gasteiger partial charge in [0.1, 0.15) is 11.8 Å². The number of para-hydroxylation sites is 1. The Balaban J connectivity index is 2.11. The van der Waals surface area contributed by atoms with Crippen molar-refractivity contribution in [2.45, 2.75) is 19.9 Å². The summed E-state index contributed by atoms with van der Waals surface area (Å²) in [4.78, 5) is 0. The number of benzene rings is 2. The largest absolute Gasteiger partial charge is 0.497 e. The fourth-order valence-electron chi connectivity index (χ4n) is 2.96. The first-order valence-electron chi connectivity index (χ1n) is 7.41. The Labute approximate surface area is 130 Å². The molecule has 0 unspecified atom stereocenters. The molecule has 0 amide bonds. The van der Waals surface area contributed by atoms with E-state index in [1.165, 1.54) is 5.56 Å². The molecule has 0 saturated heterocycles. The summed E-state index contributed by atoms with van der Waals surface area (Å²) in [6, 6.07) is 18.5. The highest BCUT2D eigenvalue weighted by atomic mass is 16.5. The van der Waals surface area contributed by atoms with Crippen molar-refractivity contribution in [3.05, 3.63) is 65.4 Å². The van der Waals surface area contributed by atoms with Crippen LogP contribution in [0.1, 0.15) is 23.7 Å². The van der Waals surface area contributed by atoms with E-state index < -0.39 is 0 Å². The van der Waals surface area contributed by atoms with Crippen LogP contribution in [0.25, 0.3) is 10.9 Å². The summed E-state index contributed by atoms with van der Waals surface area (Å²) in [5.41, 5.74) is 4.17. The number of aromatic nitrogens is 1. The molecule has 1 heterocycles. The van der Waals surface area contributed by atoms with Gasteiger partial charge in [0.05, 0.1) is 12.7 Å². The fourth-order valence-corrected chi connectivity index (χ4v) is 2.96. The highest BCUT2D eigenvalue weighted by Gasteiger charge is 2.16. The summed E-state index contributed by atoms with van der Waals surface area (Å²) in [7, 11) is 1.66. The first-order chi connectivity index (χ1) is 10.8. The van der Waals surface area contributed by atoms with E-state index >= 15 is 0 Å². The van der Waals surface area contributed by atoms with Crippen molar-refractivity contribution >= 4 is 10.9 Å². The van der Waals surface area contributed by atoms with Crippen LogP contribution in [-0.4, -0.2) is 11.7 Å². The maximum Gasteiger partial charge on any atom is 0.118 e. The van der Waals surface area contributed by atoms with E-state index in [1.54, 1.807) is 7.11 Å². The van der Waals surface area contributed by atoms with Gasteiger partial charge in [0.15, 0.2) is 0 Å². The molecule has 110 valence electrons. The molecule has 0 spiro atoms. The van der Waals surface area contributed by atoms with Gasteiger partial charge >= 0.3 is 0 Å². The molecular formula is C19H18N2O. The second-order valence-electron chi connectivity index (χ2n) is 5.22. The second kappa shape index (κ2) is 5.95. The minimum absolute atomic E-state index is 0.745. The Morgan fingerprint density at radius 1 is 1.09 bits per heavy atom. The van der Waals surface area contributed by atoms with Gasteiger partial charge in [0.25, 0.3) is 0 Å². The quantitative estimate of drug-likeness (QED) is 0.724. The van der Waals surface area contributed by atoms with Gasteiger partial charge in [-0.1, -0.05) is 30.3 Å². The van der Waals surface area contributed by atoms with Gasteiger partial charge in [0, 0.05) is 29.6 Å². The number of rotatable bonds is 4. The zero-order valence-corrected chi connectivity index (χ0v) is 12.8. The van der Waals surface area contributed by atoms with Crippen molar-refractivity contribution in [1.82, 2.24) is 4.57 Å². The lowest BCUT2D eigenvalue weighted by molar-refractivity contribution is 0.414. The molecule has 0 atom stereocenters. The van der Waals surface area contributed by atoms with Crippen LogP contribution in [0.15, 0.2) is 48.5 Å². The molecule has 0 saturated carbocycles. The summed E-state index contributed by atoms with van der Waals surface area (Å²) in [5.74, 6) is 0.847. The van der Waals surface area contributed by atoms with Crippen LogP contribution in [0.3, 0.4) is 0 Å². The first-order valence-corrected chi connectivity index (χ1v) is 7.41. The third kappa shape index (κ3) is 2.33. The number of fused-ring (bicyclic) bond motifs is 1. The van der Waals surface area contributed by atoms with Gasteiger partial charge < -0.3 is 9.30 Å². The van der Waals surface area contributed by atoms with Crippen molar-refractivity contribution in [2.24, 2.45) is 0 Å². The standard InChI is InChI=1S/C19H18N2O/c1-3-21-18-7-5-4-6-16(18)17(13-20)19(21)12-14-8-10-15(22-2)11-9-14/h4-11H,3,12H2,1-2H3. The molecule has 22 heavy (non-hydrogen) atoms. The van der Waals surface area contributed by atoms with Crippen molar-refractivity contribution in [2.75, 3.05) is 7.11 Å². The van der Waals surface area contributed by atoms with Crippen LogP contribution in [0.4, 0.5) is 0 Å². The molecule has 3 rings (SSSR count). The maximum atomic E-state index is 9.60. The smallest absolute Gasteiger partial charge is 0.118 e. The second-order valence-corrected chi connectivity index (χ2v) is 5.22. The van der Waals surface area contributed by atoms with Crippen LogP contribution in [0.5, 0.6) is 5.75 Å². The fraction of sp³-hybridized carbons (Fsp3) is 0.211. The topological polar surface area (TPSA) is 38.0 Å². The Kier molecular flexibility index (Phi) is 3.84. The maximum absolute atomic E-state index is 9.60. The zero-order chi connectivity index (χ0) is 15.5. The van der Waals surface area contributed by atoms with Crippen molar-refractivity contribution in [3.63, 3.8) is 0 Å². The molecule has 3 aromatic rings. The summed E-state index contributed by atoms with van der Waals surface area (Å²) in [5, 5.41) is 10.6. The highest BCUT2D eigenvalue weighted by Crippen LogP contribution is 2.28. The van der Waals surface area contributed by atoms with Crippen LogP contribution in [-0.2, 0) is 13.0 Å². The number of hydrogen-bond donors (Lipinski definition) is 0. The van der Waals surface area contributed by atoms with Gasteiger partial charge in [-0.3, -0.25) is 0 Å². The van der Waals surface area contributed by atoms with E-state index in [2.05, 4.69) is 35.8 Å². The van der Waals surface area contributed by atoms with E-state index in [4.69, 9.17) is 4.74 Å². The molecule has 0 N–H and O–H groups in total. The van der Waals surface area contributed by atoms with Crippen LogP contribution < -0.4 is 4.74 Å². The summed E-state index contributed by atoms with van der Waals surface area (Å²) in [6.45, 7) is 2.97. The number of methoxy groups -OCH3 is 1. The van der Waals surface area contributed by atoms with E-state index in [9.17, 15) is 5.26 Å². The minimum Gasteiger partial charge on any atom is -0.497 e. The number of aryl methyl sites for hydroxylation is 1. The molecule has 0 aliphatic rings. The lowest BCUT2D eigenvalue weighted by Crippen LogP contribution is -2.03. The van der Waals surface area contributed by atoms with Crippen LogP contribution in [0.2, 0.25) is 0 Å². The summed E-state index contributed by atoms with van der Waals surface area (Å²) >= 11 is 0. The van der Waals surface area contributed by atoms with Gasteiger partial charge in [-0.2, -0.15) is 5.26 Å². The molecule has 1 aromatic heterocycles. The Hall–Kier alpha value is -2.73. The van der Waals surface area contributed by atoms with E-state index in [-0.39, 0.29) is 0 Å². The molecule has 0 aliphatic carbocycles.